The highest BCUT2D eigenvalue weighted by Crippen LogP contribution is 2.50. The van der Waals surface area contributed by atoms with Gasteiger partial charge in [0.2, 0.25) is 0 Å². The molecular formula is C18H20F20O6S2. The molecule has 6 nitrogen and oxygen atoms in total. The van der Waals surface area contributed by atoms with Gasteiger partial charge in [-0.05, 0) is 0 Å². The second kappa shape index (κ2) is 18.2. The van der Waals surface area contributed by atoms with E-state index in [4.69, 9.17) is 10.2 Å². The average Bonchev–Trinajstić information content (AvgIpc) is 3.75. The van der Waals surface area contributed by atoms with Crippen molar-refractivity contribution in [2.24, 2.45) is 0 Å². The third-order valence-electron chi connectivity index (χ3n) is 3.82. The summed E-state index contributed by atoms with van der Waals surface area (Å²) in [5.41, 5.74) is 0. The van der Waals surface area contributed by atoms with Crippen LogP contribution in [-0.2, 0) is 18.9 Å². The molecule has 1 aliphatic heterocycles. The summed E-state index contributed by atoms with van der Waals surface area (Å²) in [5, 5.41) is 6.73. The quantitative estimate of drug-likeness (QED) is 0.0945. The number of alkyl halides is 20. The van der Waals surface area contributed by atoms with E-state index in [2.05, 4.69) is 18.9 Å². The van der Waals surface area contributed by atoms with Crippen LogP contribution < -0.4 is 0 Å². The fraction of sp³-hybridized carbons (Fsp3) is 1.00. The first-order valence-electron chi connectivity index (χ1n) is 11.1. The van der Waals surface area contributed by atoms with Crippen LogP contribution >= 0.6 is 23.5 Å². The van der Waals surface area contributed by atoms with Crippen molar-refractivity contribution < 1.29 is 117 Å². The topological polar surface area (TPSA) is 80.7 Å². The average molecular weight is 776 g/mol. The second-order valence-corrected chi connectivity index (χ2v) is 10.0. The van der Waals surface area contributed by atoms with Crippen molar-refractivity contribution in [1.82, 2.24) is 0 Å². The molecule has 2 unspecified atom stereocenters. The summed E-state index contributed by atoms with van der Waals surface area (Å²) in [6.45, 7) is -0.170. The van der Waals surface area contributed by atoms with E-state index < -0.39 is 114 Å². The lowest BCUT2D eigenvalue weighted by atomic mass is 10.3. The molecular weight excluding hydrogens is 756 g/mol. The molecule has 0 aromatic carbocycles. The van der Waals surface area contributed by atoms with E-state index in [1.54, 1.807) is 0 Å². The first kappa shape index (κ1) is 47.2. The zero-order valence-electron chi connectivity index (χ0n) is 21.7. The highest BCUT2D eigenvalue weighted by Gasteiger charge is 2.77. The maximum absolute atomic E-state index is 13.0. The Morgan fingerprint density at radius 2 is 0.870 bits per heavy atom. The number of thioether (sulfide) groups is 2. The van der Waals surface area contributed by atoms with E-state index in [1.807, 2.05) is 0 Å². The van der Waals surface area contributed by atoms with Gasteiger partial charge in [-0.15, -0.1) is 0 Å². The zero-order chi connectivity index (χ0) is 37.1. The van der Waals surface area contributed by atoms with E-state index >= 15 is 0 Å². The summed E-state index contributed by atoms with van der Waals surface area (Å²) in [5.74, 6) is -15.4. The Hall–Kier alpha value is -0.940. The molecule has 0 aliphatic carbocycles. The van der Waals surface area contributed by atoms with Gasteiger partial charge in [0.15, 0.2) is 0 Å². The standard InChI is InChI=1S/C9H10F10O3S.C7H6F10O2S.C2H4O/c10-5(6(11,12)23-4-3-21-2-1-20)22-9(18,19)7(13,14)8(15,16)17;8-3(4(9,10)20-2-1-18)19-7(16,17)5(11,12)6(13,14)15;1-2-3-1/h5,20H,1-4H2;3,18H,1-2H2;1-2H2. The Kier molecular flexibility index (Phi) is 18.6. The molecule has 0 saturated carbocycles. The van der Waals surface area contributed by atoms with Crippen LogP contribution in [0.2, 0.25) is 0 Å². The third kappa shape index (κ3) is 15.1. The van der Waals surface area contributed by atoms with Gasteiger partial charge < -0.3 is 19.7 Å². The molecule has 0 amide bonds. The van der Waals surface area contributed by atoms with Crippen molar-refractivity contribution >= 4 is 23.5 Å². The minimum atomic E-state index is -6.87. The largest absolute Gasteiger partial charge is 0.462 e. The summed E-state index contributed by atoms with van der Waals surface area (Å²) in [4.78, 5) is 0. The highest BCUT2D eigenvalue weighted by molar-refractivity contribution is 8.00. The predicted octanol–water partition coefficient (Wildman–Crippen LogP) is 6.85. The van der Waals surface area contributed by atoms with E-state index in [9.17, 15) is 87.8 Å². The lowest BCUT2D eigenvalue weighted by molar-refractivity contribution is -0.446. The first-order valence-corrected chi connectivity index (χ1v) is 13.0. The van der Waals surface area contributed by atoms with E-state index in [1.165, 1.54) is 0 Å². The number of epoxide rings is 1. The minimum Gasteiger partial charge on any atom is -0.396 e. The maximum atomic E-state index is 13.0. The van der Waals surface area contributed by atoms with Gasteiger partial charge in [0.1, 0.15) is 0 Å². The number of hydrogen-bond donors (Lipinski definition) is 2. The molecule has 0 bridgehead atoms. The van der Waals surface area contributed by atoms with Crippen molar-refractivity contribution in [1.29, 1.82) is 0 Å². The Morgan fingerprint density at radius 3 is 1.13 bits per heavy atom. The molecule has 0 aromatic heterocycles. The SMILES string of the molecule is C1CO1.OCCOCCSC(F)(F)C(F)OC(F)(F)C(F)(F)C(F)(F)F.OCCSC(F)(F)C(F)OC(F)(F)C(F)(F)C(F)(F)F. The van der Waals surface area contributed by atoms with Gasteiger partial charge in [-0.25, -0.2) is 8.78 Å². The molecule has 0 spiro atoms. The Bertz CT molecular complexity index is 855. The van der Waals surface area contributed by atoms with Crippen LogP contribution in [-0.4, -0.2) is 121 Å². The van der Waals surface area contributed by atoms with Crippen molar-refractivity contribution in [3.63, 3.8) is 0 Å². The first-order chi connectivity index (χ1) is 20.4. The summed E-state index contributed by atoms with van der Waals surface area (Å²) in [6, 6.07) is 0. The van der Waals surface area contributed by atoms with Gasteiger partial charge in [0.05, 0.1) is 39.6 Å². The molecule has 280 valence electrons. The Labute approximate surface area is 252 Å². The fourth-order valence-corrected chi connectivity index (χ4v) is 2.79. The highest BCUT2D eigenvalue weighted by atomic mass is 32.2. The number of aliphatic hydroxyl groups excluding tert-OH is 2. The fourth-order valence-electron chi connectivity index (χ4n) is 1.59. The van der Waals surface area contributed by atoms with Gasteiger partial charge in [0.25, 0.3) is 12.7 Å². The van der Waals surface area contributed by atoms with Gasteiger partial charge >= 0.3 is 46.9 Å². The monoisotopic (exact) mass is 776 g/mol. The summed E-state index contributed by atoms with van der Waals surface area (Å²) < 4.78 is 260. The molecule has 0 aromatic rings. The smallest absolute Gasteiger partial charge is 0.396 e. The van der Waals surface area contributed by atoms with Crippen LogP contribution in [0.5, 0.6) is 0 Å². The molecule has 2 atom stereocenters. The Balaban J connectivity index is 0. The molecule has 46 heavy (non-hydrogen) atoms. The van der Waals surface area contributed by atoms with Crippen LogP contribution in [0.3, 0.4) is 0 Å². The van der Waals surface area contributed by atoms with Crippen LogP contribution in [0.15, 0.2) is 0 Å². The van der Waals surface area contributed by atoms with Gasteiger partial charge in [-0.3, -0.25) is 9.47 Å². The van der Waals surface area contributed by atoms with Crippen LogP contribution in [0.25, 0.3) is 0 Å². The molecule has 2 N–H and O–H groups in total. The molecule has 1 saturated heterocycles. The zero-order valence-corrected chi connectivity index (χ0v) is 23.3. The third-order valence-corrected chi connectivity index (χ3v) is 5.72. The van der Waals surface area contributed by atoms with Crippen molar-refractivity contribution in [2.75, 3.05) is 51.1 Å². The Morgan fingerprint density at radius 1 is 0.543 bits per heavy atom. The van der Waals surface area contributed by atoms with Crippen molar-refractivity contribution in [2.45, 2.75) is 59.6 Å². The van der Waals surface area contributed by atoms with E-state index in [0.717, 1.165) is 13.2 Å². The molecule has 0 radical (unpaired) electrons. The summed E-state index contributed by atoms with van der Waals surface area (Å²) in [7, 11) is 0. The van der Waals surface area contributed by atoms with Gasteiger partial charge in [-0.1, -0.05) is 23.5 Å². The summed E-state index contributed by atoms with van der Waals surface area (Å²) in [6.07, 6.45) is -35.6. The number of ether oxygens (including phenoxy) is 4. The normalized spacial score (nSPS) is 16.6. The molecule has 28 heteroatoms. The summed E-state index contributed by atoms with van der Waals surface area (Å²) >= 11 is -1.50. The lowest BCUT2D eigenvalue weighted by Crippen LogP contribution is -2.55. The van der Waals surface area contributed by atoms with Crippen LogP contribution in [0, 0.1) is 0 Å². The maximum Gasteiger partial charge on any atom is 0.462 e. The number of hydrogen-bond acceptors (Lipinski definition) is 8. The van der Waals surface area contributed by atoms with Gasteiger partial charge in [0, 0.05) is 11.5 Å². The number of rotatable bonds is 17. The number of halogens is 20. The van der Waals surface area contributed by atoms with Crippen molar-refractivity contribution in [3.8, 4) is 0 Å². The van der Waals surface area contributed by atoms with E-state index in [0.29, 0.717) is 0 Å². The van der Waals surface area contributed by atoms with Crippen LogP contribution in [0.1, 0.15) is 0 Å². The molecule has 1 rings (SSSR count). The number of aliphatic hydroxyl groups is 2. The van der Waals surface area contributed by atoms with Crippen molar-refractivity contribution in [3.05, 3.63) is 0 Å². The van der Waals surface area contributed by atoms with Gasteiger partial charge in [-0.2, -0.15) is 79.0 Å². The molecule has 1 aliphatic rings. The molecule has 1 fully saturated rings. The van der Waals surface area contributed by atoms with Crippen LogP contribution in [0.4, 0.5) is 87.8 Å². The van der Waals surface area contributed by atoms with E-state index in [-0.39, 0.29) is 6.61 Å². The second-order valence-electron chi connectivity index (χ2n) is 7.54. The lowest BCUT2D eigenvalue weighted by Gasteiger charge is -2.30. The molecule has 1 heterocycles. The predicted molar refractivity (Wildman–Crippen MR) is 114 cm³/mol. The minimum absolute atomic E-state index is 0.266.